The number of amides is 1. The van der Waals surface area contributed by atoms with Crippen molar-refractivity contribution in [2.75, 3.05) is 6.61 Å². The Morgan fingerprint density at radius 2 is 2.38 bits per heavy atom. The van der Waals surface area contributed by atoms with Gasteiger partial charge in [-0.3, -0.25) is 4.79 Å². The number of halogens is 1. The Morgan fingerprint density at radius 1 is 1.52 bits per heavy atom. The predicted molar refractivity (Wildman–Crippen MR) is 82.6 cm³/mol. The van der Waals surface area contributed by atoms with E-state index in [1.54, 1.807) is 18.2 Å². The van der Waals surface area contributed by atoms with Crippen LogP contribution >= 0.6 is 11.6 Å². The molecule has 0 aliphatic heterocycles. The largest absolute Gasteiger partial charge is 0.483 e. The molecule has 1 amide bonds. The Bertz CT molecular complexity index is 625. The van der Waals surface area contributed by atoms with Crippen LogP contribution in [0.4, 0.5) is 0 Å². The summed E-state index contributed by atoms with van der Waals surface area (Å²) in [6.45, 7) is 1.84. The van der Waals surface area contributed by atoms with E-state index in [0.717, 1.165) is 24.1 Å². The van der Waals surface area contributed by atoms with Gasteiger partial charge in [0.15, 0.2) is 6.61 Å². The van der Waals surface area contributed by atoms with E-state index >= 15 is 0 Å². The molecule has 21 heavy (non-hydrogen) atoms. The maximum Gasteiger partial charge on any atom is 0.277 e. The summed E-state index contributed by atoms with van der Waals surface area (Å²) < 4.78 is 5.47. The highest BCUT2D eigenvalue weighted by molar-refractivity contribution is 6.30. The lowest BCUT2D eigenvalue weighted by molar-refractivity contribution is -0.123. The maximum atomic E-state index is 11.7. The summed E-state index contributed by atoms with van der Waals surface area (Å²) in [6.07, 6.45) is 6.42. The molecule has 0 bridgehead atoms. The minimum Gasteiger partial charge on any atom is -0.483 e. The zero-order chi connectivity index (χ0) is 14.8. The van der Waals surface area contributed by atoms with Crippen LogP contribution in [0.5, 0.6) is 5.75 Å². The second-order valence-corrected chi connectivity index (χ2v) is 5.91. The van der Waals surface area contributed by atoms with Gasteiger partial charge in [-0.25, -0.2) is 5.43 Å². The van der Waals surface area contributed by atoms with Crippen LogP contribution in [0.15, 0.2) is 35.5 Å². The number of allylic oxidation sites excluding steroid dienone is 2. The molecule has 0 aromatic heterocycles. The molecule has 0 radical (unpaired) electrons. The van der Waals surface area contributed by atoms with E-state index in [2.05, 4.69) is 22.7 Å². The van der Waals surface area contributed by atoms with Gasteiger partial charge in [-0.05, 0) is 49.4 Å². The third-order valence-corrected chi connectivity index (χ3v) is 4.22. The third-order valence-electron chi connectivity index (χ3n) is 3.98. The Labute approximate surface area is 128 Å². The number of carbonyl (C=O) groups excluding carboxylic acids is 1. The molecule has 1 aromatic rings. The molecule has 1 aromatic carbocycles. The fourth-order valence-corrected chi connectivity index (χ4v) is 2.97. The zero-order valence-corrected chi connectivity index (χ0v) is 12.6. The van der Waals surface area contributed by atoms with Crippen molar-refractivity contribution in [2.45, 2.75) is 19.8 Å². The summed E-state index contributed by atoms with van der Waals surface area (Å²) in [6, 6.07) is 5.30. The Balaban J connectivity index is 1.47. The summed E-state index contributed by atoms with van der Waals surface area (Å²) >= 11 is 5.87. The fourth-order valence-electron chi connectivity index (χ4n) is 2.75. The molecule has 1 N–H and O–H groups in total. The number of hydrogen-bond acceptors (Lipinski definition) is 3. The van der Waals surface area contributed by atoms with Crippen LogP contribution < -0.4 is 10.2 Å². The van der Waals surface area contributed by atoms with Gasteiger partial charge in [-0.2, -0.15) is 5.10 Å². The lowest BCUT2D eigenvalue weighted by Crippen LogP contribution is -2.36. The number of hydrogen-bond donors (Lipinski definition) is 1. The highest BCUT2D eigenvalue weighted by Gasteiger charge is 2.37. The highest BCUT2D eigenvalue weighted by atomic mass is 35.5. The highest BCUT2D eigenvalue weighted by Crippen LogP contribution is 2.40. The predicted octanol–water partition coefficient (Wildman–Crippen LogP) is 3.10. The summed E-state index contributed by atoms with van der Waals surface area (Å²) in [5, 5.41) is 4.85. The van der Waals surface area contributed by atoms with Gasteiger partial charge >= 0.3 is 0 Å². The van der Waals surface area contributed by atoms with Crippen LogP contribution in [0.1, 0.15) is 18.4 Å². The average Bonchev–Trinajstić information content (AvgIpc) is 2.79. The normalized spacial score (nSPS) is 24.6. The lowest BCUT2D eigenvalue weighted by Gasteiger charge is -2.31. The topological polar surface area (TPSA) is 50.7 Å². The van der Waals surface area contributed by atoms with Crippen molar-refractivity contribution in [1.82, 2.24) is 5.43 Å². The molecular weight excluding hydrogens is 288 g/mol. The molecule has 2 aliphatic carbocycles. The maximum absolute atomic E-state index is 11.7. The number of hydrazone groups is 1. The minimum absolute atomic E-state index is 0.0500. The molecule has 1 saturated carbocycles. The number of ether oxygens (including phenoxy) is 1. The first kappa shape index (κ1) is 14.1. The lowest BCUT2D eigenvalue weighted by atomic mass is 9.74. The Morgan fingerprint density at radius 3 is 3.14 bits per heavy atom. The quantitative estimate of drug-likeness (QED) is 0.686. The van der Waals surface area contributed by atoms with Crippen LogP contribution in [0, 0.1) is 18.8 Å². The molecule has 0 heterocycles. The first-order valence-electron chi connectivity index (χ1n) is 7.04. The summed E-state index contributed by atoms with van der Waals surface area (Å²) in [4.78, 5) is 11.7. The standard InChI is InChI=1S/C16H17ClN2O2/c1-10-7-12(17)5-6-15(10)21-9-16(20)19-18-14-8-11-3-2-4-13(11)14/h2-3,5-7,11,13H,4,8-9H2,1H3,(H,19,20)/b18-14-/t11-,13-/m0/s1. The Kier molecular flexibility index (Phi) is 3.97. The average molecular weight is 305 g/mol. The molecule has 2 atom stereocenters. The van der Waals surface area contributed by atoms with Crippen LogP contribution in [-0.2, 0) is 4.79 Å². The molecule has 1 fully saturated rings. The molecule has 0 unspecified atom stereocenters. The van der Waals surface area contributed by atoms with Gasteiger partial charge in [-0.1, -0.05) is 23.8 Å². The van der Waals surface area contributed by atoms with Crippen molar-refractivity contribution < 1.29 is 9.53 Å². The van der Waals surface area contributed by atoms with Crippen LogP contribution in [0.25, 0.3) is 0 Å². The number of benzene rings is 1. The van der Waals surface area contributed by atoms with Crippen molar-refractivity contribution in [1.29, 1.82) is 0 Å². The number of nitrogens with one attached hydrogen (secondary N) is 1. The monoisotopic (exact) mass is 304 g/mol. The molecule has 2 aliphatic rings. The summed E-state index contributed by atoms with van der Waals surface area (Å²) in [5.41, 5.74) is 4.56. The molecular formula is C16H17ClN2O2. The van der Waals surface area contributed by atoms with Gasteiger partial charge in [-0.15, -0.1) is 0 Å². The second-order valence-electron chi connectivity index (χ2n) is 5.47. The van der Waals surface area contributed by atoms with Gasteiger partial charge in [0.05, 0.1) is 0 Å². The van der Waals surface area contributed by atoms with E-state index < -0.39 is 0 Å². The molecule has 3 rings (SSSR count). The molecule has 0 spiro atoms. The van der Waals surface area contributed by atoms with Crippen molar-refractivity contribution in [2.24, 2.45) is 16.9 Å². The van der Waals surface area contributed by atoms with Gasteiger partial charge in [0.25, 0.3) is 5.91 Å². The van der Waals surface area contributed by atoms with E-state index in [-0.39, 0.29) is 12.5 Å². The van der Waals surface area contributed by atoms with Crippen molar-refractivity contribution in [3.8, 4) is 5.75 Å². The number of nitrogens with zero attached hydrogens (tertiary/aromatic N) is 1. The summed E-state index contributed by atoms with van der Waals surface area (Å²) in [7, 11) is 0. The Hall–Kier alpha value is -1.81. The van der Waals surface area contributed by atoms with E-state index in [9.17, 15) is 4.79 Å². The van der Waals surface area contributed by atoms with Crippen molar-refractivity contribution in [3.05, 3.63) is 40.9 Å². The number of carbonyl (C=O) groups is 1. The van der Waals surface area contributed by atoms with Gasteiger partial charge in [0.2, 0.25) is 0 Å². The van der Waals surface area contributed by atoms with E-state index in [0.29, 0.717) is 22.6 Å². The molecule has 110 valence electrons. The number of fused-ring (bicyclic) bond motifs is 1. The van der Waals surface area contributed by atoms with Gasteiger partial charge < -0.3 is 4.74 Å². The SMILES string of the molecule is Cc1cc(Cl)ccc1OCC(=O)N/N=C1/C[C@@H]2C=CC[C@H]12. The van der Waals surface area contributed by atoms with E-state index in [4.69, 9.17) is 16.3 Å². The van der Waals surface area contributed by atoms with E-state index in [1.165, 1.54) is 0 Å². The van der Waals surface area contributed by atoms with Crippen LogP contribution in [0.3, 0.4) is 0 Å². The third kappa shape index (κ3) is 3.10. The molecule has 5 heteroatoms. The first-order valence-corrected chi connectivity index (χ1v) is 7.42. The number of rotatable bonds is 4. The fraction of sp³-hybridized carbons (Fsp3) is 0.375. The second kappa shape index (κ2) is 5.90. The number of aryl methyl sites for hydroxylation is 1. The smallest absolute Gasteiger partial charge is 0.277 e. The summed E-state index contributed by atoms with van der Waals surface area (Å²) in [5.74, 6) is 1.55. The van der Waals surface area contributed by atoms with Crippen LogP contribution in [-0.4, -0.2) is 18.2 Å². The zero-order valence-electron chi connectivity index (χ0n) is 11.8. The molecule has 4 nitrogen and oxygen atoms in total. The van der Waals surface area contributed by atoms with Gasteiger partial charge in [0, 0.05) is 16.7 Å². The van der Waals surface area contributed by atoms with Crippen molar-refractivity contribution >= 4 is 23.2 Å². The van der Waals surface area contributed by atoms with Crippen molar-refractivity contribution in [3.63, 3.8) is 0 Å². The minimum atomic E-state index is -0.244. The molecule has 0 saturated heterocycles. The van der Waals surface area contributed by atoms with E-state index in [1.807, 2.05) is 6.92 Å². The van der Waals surface area contributed by atoms with Gasteiger partial charge in [0.1, 0.15) is 5.75 Å². The first-order chi connectivity index (χ1) is 10.1. The van der Waals surface area contributed by atoms with Crippen LogP contribution in [0.2, 0.25) is 5.02 Å².